The molecule has 1 atom stereocenters. The topological polar surface area (TPSA) is 35.8 Å². The van der Waals surface area contributed by atoms with Gasteiger partial charge in [-0.05, 0) is 19.4 Å². The van der Waals surface area contributed by atoms with E-state index in [1.165, 1.54) is 5.69 Å². The van der Waals surface area contributed by atoms with E-state index >= 15 is 0 Å². The molecule has 0 saturated carbocycles. The van der Waals surface area contributed by atoms with E-state index < -0.39 is 0 Å². The van der Waals surface area contributed by atoms with Crippen molar-refractivity contribution < 1.29 is 5.21 Å². The summed E-state index contributed by atoms with van der Waals surface area (Å²) in [5, 5.41) is 12.4. The molecule has 0 aromatic heterocycles. The van der Waals surface area contributed by atoms with Crippen LogP contribution < -0.4 is 4.90 Å². The second kappa shape index (κ2) is 4.56. The van der Waals surface area contributed by atoms with Crippen LogP contribution in [0.2, 0.25) is 0 Å². The fourth-order valence-electron chi connectivity index (χ4n) is 2.23. The Labute approximate surface area is 96.4 Å². The SMILES string of the molecule is CCC(C)N1CCC(=NO)c2ccccc21. The van der Waals surface area contributed by atoms with Crippen molar-refractivity contribution >= 4 is 11.4 Å². The zero-order valence-electron chi connectivity index (χ0n) is 9.85. The third-order valence-corrected chi connectivity index (χ3v) is 3.36. The van der Waals surface area contributed by atoms with Crippen LogP contribution in [0.1, 0.15) is 32.3 Å². The lowest BCUT2D eigenvalue weighted by Crippen LogP contribution is -2.38. The molecule has 1 unspecified atom stereocenters. The largest absolute Gasteiger partial charge is 0.411 e. The fraction of sp³-hybridized carbons (Fsp3) is 0.462. The van der Waals surface area contributed by atoms with Gasteiger partial charge in [0.25, 0.3) is 0 Å². The Kier molecular flexibility index (Phi) is 3.13. The van der Waals surface area contributed by atoms with Gasteiger partial charge < -0.3 is 10.1 Å². The number of oxime groups is 1. The third kappa shape index (κ3) is 1.77. The smallest absolute Gasteiger partial charge is 0.0906 e. The minimum atomic E-state index is 0.529. The maximum Gasteiger partial charge on any atom is 0.0906 e. The van der Waals surface area contributed by atoms with Crippen LogP contribution in [-0.4, -0.2) is 23.5 Å². The Bertz CT molecular complexity index is 401. The molecule has 0 spiro atoms. The lowest BCUT2D eigenvalue weighted by molar-refractivity contribution is 0.317. The monoisotopic (exact) mass is 218 g/mol. The molecule has 1 aliphatic heterocycles. The minimum absolute atomic E-state index is 0.529. The fourth-order valence-corrected chi connectivity index (χ4v) is 2.23. The number of hydrogen-bond donors (Lipinski definition) is 1. The van der Waals surface area contributed by atoms with Gasteiger partial charge in [0.15, 0.2) is 0 Å². The molecule has 0 amide bonds. The third-order valence-electron chi connectivity index (χ3n) is 3.36. The standard InChI is InChI=1S/C13H18N2O/c1-3-10(2)15-9-8-12(14-16)11-6-4-5-7-13(11)15/h4-7,10,16H,3,8-9H2,1-2H3. The number of rotatable bonds is 2. The molecule has 1 aromatic carbocycles. The first-order valence-corrected chi connectivity index (χ1v) is 5.85. The molecular formula is C13H18N2O. The van der Waals surface area contributed by atoms with E-state index in [9.17, 15) is 0 Å². The highest BCUT2D eigenvalue weighted by molar-refractivity contribution is 6.06. The molecule has 1 N–H and O–H groups in total. The molecule has 1 heterocycles. The predicted octanol–water partition coefficient (Wildman–Crippen LogP) is 2.87. The normalized spacial score (nSPS) is 19.6. The van der Waals surface area contributed by atoms with Crippen molar-refractivity contribution in [3.63, 3.8) is 0 Å². The van der Waals surface area contributed by atoms with Crippen molar-refractivity contribution in [1.29, 1.82) is 0 Å². The maximum atomic E-state index is 8.99. The van der Waals surface area contributed by atoms with E-state index in [1.54, 1.807) is 0 Å². The van der Waals surface area contributed by atoms with Crippen molar-refractivity contribution in [3.05, 3.63) is 29.8 Å². The molecule has 3 nitrogen and oxygen atoms in total. The van der Waals surface area contributed by atoms with Gasteiger partial charge >= 0.3 is 0 Å². The van der Waals surface area contributed by atoms with Crippen LogP contribution in [0.3, 0.4) is 0 Å². The van der Waals surface area contributed by atoms with Crippen molar-refractivity contribution in [2.45, 2.75) is 32.7 Å². The van der Waals surface area contributed by atoms with Gasteiger partial charge in [-0.25, -0.2) is 0 Å². The van der Waals surface area contributed by atoms with Gasteiger partial charge in [-0.3, -0.25) is 0 Å². The van der Waals surface area contributed by atoms with Crippen LogP contribution in [0.25, 0.3) is 0 Å². The Morgan fingerprint density at radius 2 is 2.19 bits per heavy atom. The van der Waals surface area contributed by atoms with Gasteiger partial charge in [-0.2, -0.15) is 0 Å². The molecule has 0 fully saturated rings. The molecule has 1 aromatic rings. The van der Waals surface area contributed by atoms with E-state index in [0.29, 0.717) is 6.04 Å². The average Bonchev–Trinajstić information content (AvgIpc) is 2.36. The summed E-state index contributed by atoms with van der Waals surface area (Å²) in [6.07, 6.45) is 1.94. The molecule has 1 aliphatic rings. The van der Waals surface area contributed by atoms with Gasteiger partial charge in [-0.1, -0.05) is 30.3 Å². The molecule has 16 heavy (non-hydrogen) atoms. The summed E-state index contributed by atoms with van der Waals surface area (Å²) < 4.78 is 0. The van der Waals surface area contributed by atoms with Crippen LogP contribution in [0.5, 0.6) is 0 Å². The number of anilines is 1. The molecule has 86 valence electrons. The summed E-state index contributed by atoms with van der Waals surface area (Å²) in [5.41, 5.74) is 3.06. The number of fused-ring (bicyclic) bond motifs is 1. The zero-order valence-corrected chi connectivity index (χ0v) is 9.85. The summed E-state index contributed by atoms with van der Waals surface area (Å²) in [5.74, 6) is 0. The van der Waals surface area contributed by atoms with Gasteiger partial charge in [0, 0.05) is 30.3 Å². The minimum Gasteiger partial charge on any atom is -0.411 e. The Morgan fingerprint density at radius 1 is 1.44 bits per heavy atom. The second-order valence-electron chi connectivity index (χ2n) is 4.26. The highest BCUT2D eigenvalue weighted by Gasteiger charge is 2.23. The van der Waals surface area contributed by atoms with Crippen LogP contribution >= 0.6 is 0 Å². The molecule has 0 saturated heterocycles. The van der Waals surface area contributed by atoms with Crippen molar-refractivity contribution in [2.75, 3.05) is 11.4 Å². The van der Waals surface area contributed by atoms with Crippen molar-refractivity contribution in [3.8, 4) is 0 Å². The maximum absolute atomic E-state index is 8.99. The number of para-hydroxylation sites is 1. The number of hydrogen-bond acceptors (Lipinski definition) is 3. The lowest BCUT2D eigenvalue weighted by Gasteiger charge is -2.36. The predicted molar refractivity (Wildman–Crippen MR) is 66.5 cm³/mol. The summed E-state index contributed by atoms with van der Waals surface area (Å²) in [4.78, 5) is 2.39. The molecular weight excluding hydrogens is 200 g/mol. The quantitative estimate of drug-likeness (QED) is 0.612. The first-order valence-electron chi connectivity index (χ1n) is 5.85. The van der Waals surface area contributed by atoms with E-state index in [1.807, 2.05) is 18.2 Å². The van der Waals surface area contributed by atoms with E-state index in [0.717, 1.165) is 30.7 Å². The van der Waals surface area contributed by atoms with Gasteiger partial charge in [0.2, 0.25) is 0 Å². The van der Waals surface area contributed by atoms with Gasteiger partial charge in [-0.15, -0.1) is 0 Å². The summed E-state index contributed by atoms with van der Waals surface area (Å²) in [7, 11) is 0. The molecule has 3 heteroatoms. The molecule has 0 aliphatic carbocycles. The average molecular weight is 218 g/mol. The van der Waals surface area contributed by atoms with Crippen LogP contribution in [-0.2, 0) is 0 Å². The summed E-state index contributed by atoms with van der Waals surface area (Å²) in [6.45, 7) is 5.37. The lowest BCUT2D eigenvalue weighted by atomic mass is 9.98. The highest BCUT2D eigenvalue weighted by Crippen LogP contribution is 2.29. The van der Waals surface area contributed by atoms with Crippen LogP contribution in [0.4, 0.5) is 5.69 Å². The van der Waals surface area contributed by atoms with Crippen LogP contribution in [0, 0.1) is 0 Å². The highest BCUT2D eigenvalue weighted by atomic mass is 16.4. The molecule has 0 radical (unpaired) electrons. The van der Waals surface area contributed by atoms with Crippen molar-refractivity contribution in [2.24, 2.45) is 5.16 Å². The van der Waals surface area contributed by atoms with Crippen molar-refractivity contribution in [1.82, 2.24) is 0 Å². The first kappa shape index (κ1) is 11.0. The van der Waals surface area contributed by atoms with Gasteiger partial charge in [0.05, 0.1) is 5.71 Å². The first-order chi connectivity index (χ1) is 7.77. The van der Waals surface area contributed by atoms with E-state index in [-0.39, 0.29) is 0 Å². The molecule has 2 rings (SSSR count). The zero-order chi connectivity index (χ0) is 11.5. The summed E-state index contributed by atoms with van der Waals surface area (Å²) >= 11 is 0. The Hall–Kier alpha value is -1.51. The van der Waals surface area contributed by atoms with Crippen LogP contribution in [0.15, 0.2) is 29.4 Å². The Balaban J connectivity index is 2.43. The van der Waals surface area contributed by atoms with E-state index in [2.05, 4.69) is 30.0 Å². The summed E-state index contributed by atoms with van der Waals surface area (Å²) in [6, 6.07) is 8.69. The number of nitrogens with zero attached hydrogens (tertiary/aromatic N) is 2. The van der Waals surface area contributed by atoms with Gasteiger partial charge in [0.1, 0.15) is 0 Å². The molecule has 0 bridgehead atoms. The van der Waals surface area contributed by atoms with E-state index in [4.69, 9.17) is 5.21 Å². The second-order valence-corrected chi connectivity index (χ2v) is 4.26. The Morgan fingerprint density at radius 3 is 2.88 bits per heavy atom. The number of benzene rings is 1.